The van der Waals surface area contributed by atoms with Crippen molar-refractivity contribution in [3.63, 3.8) is 0 Å². The van der Waals surface area contributed by atoms with Gasteiger partial charge in [0, 0.05) is 52.7 Å². The molecule has 0 atom stereocenters. The van der Waals surface area contributed by atoms with Gasteiger partial charge in [-0.1, -0.05) is 167 Å². The van der Waals surface area contributed by atoms with E-state index in [1.807, 2.05) is 66.9 Å². The van der Waals surface area contributed by atoms with Crippen LogP contribution in [0.4, 0.5) is 11.4 Å². The van der Waals surface area contributed by atoms with Crippen LogP contribution in [0.3, 0.4) is 0 Å². The van der Waals surface area contributed by atoms with Crippen LogP contribution in [0.15, 0.2) is 182 Å². The van der Waals surface area contributed by atoms with Crippen LogP contribution in [0.2, 0.25) is 0 Å². The Labute approximate surface area is 416 Å². The molecule has 0 aliphatic carbocycles. The van der Waals surface area contributed by atoms with E-state index < -0.39 is 6.37 Å². The van der Waals surface area contributed by atoms with Gasteiger partial charge in [-0.25, -0.2) is 4.98 Å². The van der Waals surface area contributed by atoms with Crippen LogP contribution in [0, 0.1) is 24.7 Å². The molecule has 0 fully saturated rings. The van der Waals surface area contributed by atoms with E-state index in [2.05, 4.69) is 164 Å². The summed E-state index contributed by atoms with van der Waals surface area (Å²) in [7, 11) is 0. The minimum absolute atomic E-state index is 0. The van der Waals surface area contributed by atoms with Crippen molar-refractivity contribution in [2.45, 2.75) is 46.4 Å². The first kappa shape index (κ1) is 39.8. The molecule has 0 saturated carbocycles. The Kier molecular flexibility index (Phi) is 9.99. The van der Waals surface area contributed by atoms with Crippen LogP contribution in [0.5, 0.6) is 11.5 Å². The number of hydrogen-bond acceptors (Lipinski definition) is 3. The smallest absolute Gasteiger partial charge is 0.135 e. The fourth-order valence-electron chi connectivity index (χ4n) is 9.90. The van der Waals surface area contributed by atoms with Gasteiger partial charge in [0.05, 0.1) is 1.37 Å². The zero-order valence-electron chi connectivity index (χ0n) is 41.4. The number of fused-ring (bicyclic) bond motifs is 10. The van der Waals surface area contributed by atoms with Crippen LogP contribution >= 0.6 is 0 Å². The van der Waals surface area contributed by atoms with Gasteiger partial charge in [0.25, 0.3) is 0 Å². The molecule has 0 N–H and O–H groups in total. The number of hydrogen-bond donors (Lipinski definition) is 0. The largest absolute Gasteiger partial charge is 0.509 e. The summed E-state index contributed by atoms with van der Waals surface area (Å²) in [5.41, 5.74) is 9.12. The predicted molar refractivity (Wildman–Crippen MR) is 279 cm³/mol. The average Bonchev–Trinajstić information content (AvgIpc) is 3.92. The molecule has 1 aliphatic rings. The number of anilines is 2. The first-order chi connectivity index (χ1) is 33.8. The number of pyridine rings is 1. The maximum atomic E-state index is 9.02. The summed E-state index contributed by atoms with van der Waals surface area (Å²) in [5, 5.41) is 8.78. The molecule has 4 heterocycles. The third kappa shape index (κ3) is 7.37. The molecule has 0 bridgehead atoms. The van der Waals surface area contributed by atoms with Crippen molar-refractivity contribution in [1.29, 1.82) is 0 Å². The van der Waals surface area contributed by atoms with Crippen molar-refractivity contribution in [2.75, 3.05) is 4.90 Å². The summed E-state index contributed by atoms with van der Waals surface area (Å²) in [4.78, 5) is 6.97. The number of ether oxygens (including phenoxy) is 1. The number of para-hydroxylation sites is 3. The van der Waals surface area contributed by atoms with Crippen LogP contribution in [0.1, 0.15) is 49.9 Å². The zero-order chi connectivity index (χ0) is 48.1. The van der Waals surface area contributed by atoms with E-state index >= 15 is 0 Å². The Morgan fingerprint density at radius 2 is 1.29 bits per heavy atom. The van der Waals surface area contributed by atoms with Crippen molar-refractivity contribution < 1.29 is 29.9 Å². The van der Waals surface area contributed by atoms with Crippen molar-refractivity contribution in [3.05, 3.63) is 212 Å². The normalized spacial score (nSPS) is 13.2. The standard InChI is InChI=1S/C62H49N4O.Pt/c1-40(2)34-41-32-33-63-59(35-41)66-56-28-11-10-24-52(56)53-31-30-46(38-58(53)66)67-45-19-13-18-44(37-45)64-39-65-60-47(42-16-12-17-43(36-42)62(3,4)5)25-14-26-54(60)50-22-8-6-20-48(50)49-21-7-9-23-51(49)55-27-15-29-57(64)61(55)65;/h6-33,35-36,39-40H,34H2,1-5H3;/q-3;/i12D,34D2;. The molecule has 8 aromatic carbocycles. The minimum atomic E-state index is -1.54. The molecule has 6 heteroatoms. The second-order valence-corrected chi connectivity index (χ2v) is 18.7. The van der Waals surface area contributed by atoms with Crippen molar-refractivity contribution in [1.82, 2.24) is 14.1 Å². The molecule has 0 saturated heterocycles. The number of benzene rings is 8. The molecule has 336 valence electrons. The summed E-state index contributed by atoms with van der Waals surface area (Å²) in [6, 6.07) is 66.2. The third-order valence-electron chi connectivity index (χ3n) is 12.9. The fourth-order valence-corrected chi connectivity index (χ4v) is 9.90. The van der Waals surface area contributed by atoms with Crippen molar-refractivity contribution >= 4 is 76.5 Å². The van der Waals surface area contributed by atoms with Gasteiger partial charge in [0.2, 0.25) is 0 Å². The summed E-state index contributed by atoms with van der Waals surface area (Å²) < 4.78 is 37.8. The minimum Gasteiger partial charge on any atom is -0.509 e. The monoisotopic (exact) mass is 1060 g/mol. The topological polar surface area (TPSA) is 35.2 Å². The Morgan fingerprint density at radius 3 is 2.03 bits per heavy atom. The first-order valence-electron chi connectivity index (χ1n) is 24.5. The summed E-state index contributed by atoms with van der Waals surface area (Å²) in [6.45, 7) is 12.6. The van der Waals surface area contributed by atoms with E-state index in [9.17, 15) is 0 Å². The van der Waals surface area contributed by atoms with E-state index in [1.165, 1.54) is 0 Å². The van der Waals surface area contributed by atoms with E-state index in [-0.39, 0.29) is 32.4 Å². The van der Waals surface area contributed by atoms with Gasteiger partial charge in [-0.05, 0) is 120 Å². The van der Waals surface area contributed by atoms with Crippen molar-refractivity contribution in [2.24, 2.45) is 5.92 Å². The van der Waals surface area contributed by atoms with Gasteiger partial charge in [-0.2, -0.15) is 12.1 Å². The van der Waals surface area contributed by atoms with Gasteiger partial charge in [-0.3, -0.25) is 0 Å². The number of aromatic nitrogens is 3. The van der Waals surface area contributed by atoms with E-state index in [0.29, 0.717) is 28.9 Å². The Morgan fingerprint density at radius 1 is 0.647 bits per heavy atom. The van der Waals surface area contributed by atoms with Gasteiger partial charge < -0.3 is 18.8 Å². The second-order valence-electron chi connectivity index (χ2n) is 18.7. The second kappa shape index (κ2) is 17.1. The van der Waals surface area contributed by atoms with Gasteiger partial charge in [0.1, 0.15) is 5.82 Å². The van der Waals surface area contributed by atoms with E-state index in [4.69, 9.17) is 13.8 Å². The molecule has 68 heavy (non-hydrogen) atoms. The Hall–Kier alpha value is -7.33. The fraction of sp³-hybridized carbons (Fsp3) is 0.129. The molecule has 0 spiro atoms. The Bertz CT molecular complexity index is 4000. The summed E-state index contributed by atoms with van der Waals surface area (Å²) >= 11 is 0. The maximum Gasteiger partial charge on any atom is 0.135 e. The average molecular weight is 1060 g/mol. The molecule has 0 unspecified atom stereocenters. The van der Waals surface area contributed by atoms with E-state index in [0.717, 1.165) is 93.2 Å². The number of nitrogens with zero attached hydrogens (tertiary/aromatic N) is 4. The molecule has 5 nitrogen and oxygen atoms in total. The molecule has 3 aromatic heterocycles. The SMILES string of the molecule is [2H]c1cc(-c2cccc3c4ccccc4c4ccccc4c4cccc5c4n(c23)[CH-]N5c2[c-]c(Oc3[c-]c4c(cc3)c3ccccc3n4-c3cc(C([2H])([2H])C(C)C)ccn3)ccc2)cc(C(C)(C)C)c1.[Pt]. The van der Waals surface area contributed by atoms with E-state index in [1.54, 1.807) is 12.3 Å². The van der Waals surface area contributed by atoms with Crippen LogP contribution in [0.25, 0.3) is 82.1 Å². The van der Waals surface area contributed by atoms with Gasteiger partial charge in [-0.15, -0.1) is 35.7 Å². The first-order valence-corrected chi connectivity index (χ1v) is 23.0. The molecule has 0 amide bonds. The van der Waals surface area contributed by atoms with Crippen LogP contribution < -0.4 is 9.64 Å². The third-order valence-corrected chi connectivity index (χ3v) is 12.9. The molecule has 11 aromatic rings. The van der Waals surface area contributed by atoms with Crippen LogP contribution in [-0.2, 0) is 32.9 Å². The number of rotatable bonds is 7. The summed E-state index contributed by atoms with van der Waals surface area (Å²) in [5.74, 6) is 1.42. The molecular formula is C62H49N4OPt-3. The quantitative estimate of drug-likeness (QED) is 0.149. The van der Waals surface area contributed by atoms with Gasteiger partial charge >= 0.3 is 0 Å². The predicted octanol–water partition coefficient (Wildman–Crippen LogP) is 16.4. The van der Waals surface area contributed by atoms with Crippen molar-refractivity contribution in [3.8, 4) is 28.4 Å². The molecule has 1 aliphatic heterocycles. The molecular weight excluding hydrogens is 1010 g/mol. The van der Waals surface area contributed by atoms with Crippen LogP contribution in [-0.4, -0.2) is 14.1 Å². The zero-order valence-corrected chi connectivity index (χ0v) is 40.7. The Balaban J connectivity index is 0.00000547. The molecule has 0 radical (unpaired) electrons. The van der Waals surface area contributed by atoms with Gasteiger partial charge in [0.15, 0.2) is 0 Å². The maximum absolute atomic E-state index is 9.02. The summed E-state index contributed by atoms with van der Waals surface area (Å²) in [6.07, 6.45) is 0.146. The molecule has 12 rings (SSSR count).